The van der Waals surface area contributed by atoms with Crippen molar-refractivity contribution in [1.29, 1.82) is 0 Å². The van der Waals surface area contributed by atoms with E-state index in [-0.39, 0.29) is 5.91 Å². The lowest BCUT2D eigenvalue weighted by Crippen LogP contribution is -2.31. The number of methoxy groups -OCH3 is 3. The molecule has 0 saturated carbocycles. The van der Waals surface area contributed by atoms with Crippen LogP contribution in [0.3, 0.4) is 0 Å². The Morgan fingerprint density at radius 1 is 1.30 bits per heavy atom. The molecule has 1 aliphatic carbocycles. The first-order chi connectivity index (χ1) is 9.50. The summed E-state index contributed by atoms with van der Waals surface area (Å²) < 4.78 is 16.1. The first-order valence-electron chi connectivity index (χ1n) is 6.51. The van der Waals surface area contributed by atoms with Crippen molar-refractivity contribution < 1.29 is 19.0 Å². The minimum absolute atomic E-state index is 0.0124. The molecule has 1 atom stereocenters. The highest BCUT2D eigenvalue weighted by atomic mass is 16.5. The topological polar surface area (TPSA) is 48.0 Å². The zero-order chi connectivity index (χ0) is 14.9. The zero-order valence-corrected chi connectivity index (χ0v) is 12.6. The Kier molecular flexibility index (Phi) is 3.79. The number of likely N-dealkylation sites (tertiary alicyclic amines) is 1. The van der Waals surface area contributed by atoms with Crippen LogP contribution in [0.5, 0.6) is 0 Å². The molecule has 0 N–H and O–H groups in total. The summed E-state index contributed by atoms with van der Waals surface area (Å²) in [4.78, 5) is 14.1. The Morgan fingerprint density at radius 3 is 2.55 bits per heavy atom. The lowest BCUT2D eigenvalue weighted by molar-refractivity contribution is -0.123. The number of ether oxygens (including phenoxy) is 3. The Labute approximate surface area is 119 Å². The molecule has 0 aromatic rings. The van der Waals surface area contributed by atoms with Gasteiger partial charge in [0.25, 0.3) is 5.91 Å². The van der Waals surface area contributed by atoms with Gasteiger partial charge in [-0.05, 0) is 19.4 Å². The maximum Gasteiger partial charge on any atom is 0.254 e. The number of amides is 1. The maximum atomic E-state index is 12.4. The van der Waals surface area contributed by atoms with Crippen LogP contribution >= 0.6 is 0 Å². The molecule has 0 aromatic carbocycles. The normalized spacial score (nSPS) is 28.2. The monoisotopic (exact) mass is 279 g/mol. The van der Waals surface area contributed by atoms with Gasteiger partial charge in [0.2, 0.25) is 0 Å². The van der Waals surface area contributed by atoms with E-state index in [1.807, 2.05) is 19.1 Å². The predicted octanol–water partition coefficient (Wildman–Crippen LogP) is 1.83. The molecule has 1 saturated heterocycles. The highest BCUT2D eigenvalue weighted by Gasteiger charge is 2.52. The van der Waals surface area contributed by atoms with Crippen molar-refractivity contribution in [2.24, 2.45) is 5.41 Å². The summed E-state index contributed by atoms with van der Waals surface area (Å²) in [5, 5.41) is 0. The van der Waals surface area contributed by atoms with Crippen LogP contribution in [0.4, 0.5) is 0 Å². The molecule has 1 aliphatic heterocycles. The molecule has 2 aliphatic rings. The third kappa shape index (κ3) is 1.97. The lowest BCUT2D eigenvalue weighted by atomic mass is 9.74. The highest BCUT2D eigenvalue weighted by Crippen LogP contribution is 2.49. The molecular formula is C15H21NO4. The highest BCUT2D eigenvalue weighted by molar-refractivity contribution is 5.98. The van der Waals surface area contributed by atoms with Crippen LogP contribution in [0.15, 0.2) is 35.0 Å². The molecule has 0 aromatic heterocycles. The molecule has 1 spiro atoms. The molecule has 20 heavy (non-hydrogen) atoms. The van der Waals surface area contributed by atoms with Crippen LogP contribution in [0.1, 0.15) is 13.3 Å². The van der Waals surface area contributed by atoms with Gasteiger partial charge in [0, 0.05) is 19.7 Å². The van der Waals surface area contributed by atoms with Gasteiger partial charge in [0.05, 0.1) is 32.3 Å². The van der Waals surface area contributed by atoms with Gasteiger partial charge in [-0.3, -0.25) is 4.79 Å². The molecule has 1 fully saturated rings. The number of allylic oxidation sites excluding steroid dienone is 3. The van der Waals surface area contributed by atoms with Gasteiger partial charge < -0.3 is 19.1 Å². The van der Waals surface area contributed by atoms with Crippen molar-refractivity contribution in [2.45, 2.75) is 13.3 Å². The molecular weight excluding hydrogens is 258 g/mol. The molecule has 2 rings (SSSR count). The second-order valence-electron chi connectivity index (χ2n) is 5.11. The smallest absolute Gasteiger partial charge is 0.254 e. The van der Waals surface area contributed by atoms with Gasteiger partial charge in [0.15, 0.2) is 0 Å². The number of nitrogens with zero attached hydrogens (tertiary/aromatic N) is 1. The van der Waals surface area contributed by atoms with Gasteiger partial charge in [-0.1, -0.05) is 0 Å². The van der Waals surface area contributed by atoms with E-state index in [1.165, 1.54) is 0 Å². The molecule has 1 amide bonds. The number of likely N-dealkylation sites (N-methyl/N-ethyl adjacent to an activating group) is 1. The third-order valence-electron chi connectivity index (χ3n) is 4.06. The van der Waals surface area contributed by atoms with Crippen molar-refractivity contribution in [3.8, 4) is 0 Å². The van der Waals surface area contributed by atoms with E-state index in [0.717, 1.165) is 11.5 Å². The Morgan fingerprint density at radius 2 is 2.00 bits per heavy atom. The summed E-state index contributed by atoms with van der Waals surface area (Å²) in [6, 6.07) is 0. The maximum absolute atomic E-state index is 12.4. The van der Waals surface area contributed by atoms with Gasteiger partial charge in [-0.2, -0.15) is 0 Å². The number of carbonyl (C=O) groups is 1. The first-order valence-corrected chi connectivity index (χ1v) is 6.51. The van der Waals surface area contributed by atoms with Crippen LogP contribution in [0.25, 0.3) is 0 Å². The first kappa shape index (κ1) is 14.5. The van der Waals surface area contributed by atoms with E-state index in [2.05, 4.69) is 0 Å². The van der Waals surface area contributed by atoms with Crippen molar-refractivity contribution in [1.82, 2.24) is 4.90 Å². The van der Waals surface area contributed by atoms with Crippen molar-refractivity contribution >= 4 is 5.91 Å². The number of carbonyl (C=O) groups excluding carboxylic acids is 1. The summed E-state index contributed by atoms with van der Waals surface area (Å²) in [7, 11) is 6.62. The second-order valence-corrected chi connectivity index (χ2v) is 5.11. The Balaban J connectivity index is 2.57. The molecule has 110 valence electrons. The van der Waals surface area contributed by atoms with Crippen molar-refractivity contribution in [3.05, 3.63) is 35.0 Å². The fraction of sp³-hybridized carbons (Fsp3) is 0.533. The number of rotatable bonds is 3. The largest absolute Gasteiger partial charge is 0.501 e. The van der Waals surface area contributed by atoms with Crippen LogP contribution < -0.4 is 0 Å². The summed E-state index contributed by atoms with van der Waals surface area (Å²) in [6.45, 7) is 2.39. The number of hydrogen-bond donors (Lipinski definition) is 0. The third-order valence-corrected chi connectivity index (χ3v) is 4.06. The van der Waals surface area contributed by atoms with Crippen molar-refractivity contribution in [2.75, 3.05) is 34.9 Å². The quantitative estimate of drug-likeness (QED) is 0.584. The van der Waals surface area contributed by atoms with Gasteiger partial charge in [-0.25, -0.2) is 0 Å². The Hall–Kier alpha value is -1.91. The molecule has 5 heteroatoms. The zero-order valence-electron chi connectivity index (χ0n) is 12.6. The SMILES string of the molecule is COC1=CC[C@@]2(CN(C)C(=O)/C2=C(/C)OC)C(OC)=C1. The molecule has 5 nitrogen and oxygen atoms in total. The standard InChI is InChI=1S/C15H21NO4/c1-10(18-3)13-14(17)16(2)9-15(13)7-6-11(19-4)8-12(15)20-5/h6,8H,7,9H2,1-5H3/b13-10+/t15-/m1/s1. The average molecular weight is 279 g/mol. The van der Waals surface area contributed by atoms with E-state index in [9.17, 15) is 4.79 Å². The minimum Gasteiger partial charge on any atom is -0.501 e. The summed E-state index contributed by atoms with van der Waals surface area (Å²) >= 11 is 0. The fourth-order valence-electron chi connectivity index (χ4n) is 3.01. The lowest BCUT2D eigenvalue weighted by Gasteiger charge is -2.33. The molecule has 0 radical (unpaired) electrons. The van der Waals surface area contributed by atoms with E-state index in [1.54, 1.807) is 33.3 Å². The van der Waals surface area contributed by atoms with E-state index < -0.39 is 5.41 Å². The average Bonchev–Trinajstić information content (AvgIpc) is 2.71. The van der Waals surface area contributed by atoms with Crippen LogP contribution in [0.2, 0.25) is 0 Å². The van der Waals surface area contributed by atoms with Crippen LogP contribution in [-0.2, 0) is 19.0 Å². The van der Waals surface area contributed by atoms with Gasteiger partial charge >= 0.3 is 0 Å². The summed E-state index contributed by atoms with van der Waals surface area (Å²) in [5.74, 6) is 2.11. The van der Waals surface area contributed by atoms with E-state index in [0.29, 0.717) is 24.3 Å². The summed E-state index contributed by atoms with van der Waals surface area (Å²) in [6.07, 6.45) is 4.48. The van der Waals surface area contributed by atoms with E-state index in [4.69, 9.17) is 14.2 Å². The van der Waals surface area contributed by atoms with Gasteiger partial charge in [-0.15, -0.1) is 0 Å². The van der Waals surface area contributed by atoms with Gasteiger partial charge in [0.1, 0.15) is 17.3 Å². The fourth-order valence-corrected chi connectivity index (χ4v) is 3.01. The van der Waals surface area contributed by atoms with Crippen LogP contribution in [0, 0.1) is 5.41 Å². The van der Waals surface area contributed by atoms with E-state index >= 15 is 0 Å². The molecule has 1 heterocycles. The van der Waals surface area contributed by atoms with Crippen molar-refractivity contribution in [3.63, 3.8) is 0 Å². The minimum atomic E-state index is -0.483. The summed E-state index contributed by atoms with van der Waals surface area (Å²) in [5.41, 5.74) is 0.185. The Bertz CT molecular complexity index is 518. The second kappa shape index (κ2) is 5.23. The van der Waals surface area contributed by atoms with Crippen LogP contribution in [-0.4, -0.2) is 45.7 Å². The predicted molar refractivity (Wildman–Crippen MR) is 74.6 cm³/mol. The molecule has 0 unspecified atom stereocenters. The number of hydrogen-bond acceptors (Lipinski definition) is 4. The molecule has 0 bridgehead atoms.